The van der Waals surface area contributed by atoms with Gasteiger partial charge in [-0.15, -0.1) is 12.4 Å². The van der Waals surface area contributed by atoms with E-state index in [1.807, 2.05) is 20.8 Å². The number of carbonyl (C=O) groups is 1. The first kappa shape index (κ1) is 23.8. The van der Waals surface area contributed by atoms with Gasteiger partial charge in [-0.25, -0.2) is 8.42 Å². The van der Waals surface area contributed by atoms with E-state index >= 15 is 0 Å². The first-order valence-corrected chi connectivity index (χ1v) is 9.17. The number of amides is 1. The van der Waals surface area contributed by atoms with Crippen molar-refractivity contribution in [2.45, 2.75) is 49.8 Å². The quantitative estimate of drug-likeness (QED) is 0.704. The van der Waals surface area contributed by atoms with E-state index in [-0.39, 0.29) is 24.7 Å². The second-order valence-corrected chi connectivity index (χ2v) is 8.46. The van der Waals surface area contributed by atoms with E-state index in [4.69, 9.17) is 5.73 Å². The molecule has 1 rings (SSSR count). The van der Waals surface area contributed by atoms with E-state index in [9.17, 15) is 22.0 Å². The molecular weight excluding hydrogens is 374 g/mol. The highest BCUT2D eigenvalue weighted by molar-refractivity contribution is 7.91. The molecule has 0 spiro atoms. The van der Waals surface area contributed by atoms with Crippen LogP contribution in [-0.4, -0.2) is 32.2 Å². The van der Waals surface area contributed by atoms with Gasteiger partial charge >= 0.3 is 5.76 Å². The van der Waals surface area contributed by atoms with E-state index in [2.05, 4.69) is 5.32 Å². The fourth-order valence-corrected chi connectivity index (χ4v) is 3.27. The third kappa shape index (κ3) is 6.87. The summed E-state index contributed by atoms with van der Waals surface area (Å²) in [4.78, 5) is 11.7. The number of hydrogen-bond acceptors (Lipinski definition) is 4. The van der Waals surface area contributed by atoms with Crippen LogP contribution in [0.4, 0.5) is 8.78 Å². The maximum absolute atomic E-state index is 12.5. The van der Waals surface area contributed by atoms with E-state index in [1.165, 1.54) is 12.1 Å². The monoisotopic (exact) mass is 398 g/mol. The SMILES string of the molecule is CC(C)CC(C)(CN)NC(=O)Cc1ccc(S(=O)(=O)C(F)F)cc1.Cl. The molecular formula is C16H25ClF2N2O3S. The Morgan fingerprint density at radius 1 is 1.24 bits per heavy atom. The fraction of sp³-hybridized carbons (Fsp3) is 0.562. The van der Waals surface area contributed by atoms with Gasteiger partial charge in [-0.1, -0.05) is 26.0 Å². The highest BCUT2D eigenvalue weighted by atomic mass is 35.5. The minimum absolute atomic E-state index is 0. The Balaban J connectivity index is 0.00000576. The van der Waals surface area contributed by atoms with Gasteiger partial charge in [0.2, 0.25) is 15.7 Å². The molecule has 0 heterocycles. The van der Waals surface area contributed by atoms with Crippen LogP contribution >= 0.6 is 12.4 Å². The molecule has 0 aromatic heterocycles. The van der Waals surface area contributed by atoms with Crippen LogP contribution in [0.2, 0.25) is 0 Å². The third-order valence-electron chi connectivity index (χ3n) is 3.60. The van der Waals surface area contributed by atoms with Gasteiger partial charge in [0.1, 0.15) is 0 Å². The third-order valence-corrected chi connectivity index (χ3v) is 5.00. The van der Waals surface area contributed by atoms with E-state index in [0.717, 1.165) is 18.6 Å². The fourth-order valence-electron chi connectivity index (χ4n) is 2.55. The van der Waals surface area contributed by atoms with E-state index in [1.54, 1.807) is 0 Å². The molecule has 25 heavy (non-hydrogen) atoms. The van der Waals surface area contributed by atoms with Crippen molar-refractivity contribution in [2.24, 2.45) is 11.7 Å². The van der Waals surface area contributed by atoms with Gasteiger partial charge in [0, 0.05) is 12.1 Å². The van der Waals surface area contributed by atoms with Crippen molar-refractivity contribution in [1.29, 1.82) is 0 Å². The predicted molar refractivity (Wildman–Crippen MR) is 95.6 cm³/mol. The molecule has 5 nitrogen and oxygen atoms in total. The largest absolute Gasteiger partial charge is 0.349 e. The zero-order valence-corrected chi connectivity index (χ0v) is 16.1. The van der Waals surface area contributed by atoms with Crippen molar-refractivity contribution in [3.63, 3.8) is 0 Å². The van der Waals surface area contributed by atoms with Crippen LogP contribution < -0.4 is 11.1 Å². The Labute approximate surface area is 153 Å². The lowest BCUT2D eigenvalue weighted by Crippen LogP contribution is -2.52. The molecule has 0 radical (unpaired) electrons. The number of nitrogens with two attached hydrogens (primary N) is 1. The average molecular weight is 399 g/mol. The predicted octanol–water partition coefficient (Wildman–Crippen LogP) is 2.53. The first-order valence-electron chi connectivity index (χ1n) is 7.62. The summed E-state index contributed by atoms with van der Waals surface area (Å²) in [5, 5.41) is 2.88. The zero-order valence-electron chi connectivity index (χ0n) is 14.5. The van der Waals surface area contributed by atoms with Gasteiger partial charge in [0.15, 0.2) is 0 Å². The minimum atomic E-state index is -4.62. The van der Waals surface area contributed by atoms with Gasteiger partial charge in [-0.05, 0) is 37.0 Å². The number of nitrogens with one attached hydrogen (secondary N) is 1. The summed E-state index contributed by atoms with van der Waals surface area (Å²) in [6.45, 7) is 6.22. The van der Waals surface area contributed by atoms with Crippen molar-refractivity contribution >= 4 is 28.2 Å². The van der Waals surface area contributed by atoms with Gasteiger partial charge in [-0.3, -0.25) is 4.79 Å². The van der Waals surface area contributed by atoms with Crippen LogP contribution in [0.1, 0.15) is 32.8 Å². The Kier molecular flexibility index (Phi) is 8.98. The Bertz CT molecular complexity index is 666. The lowest BCUT2D eigenvalue weighted by atomic mass is 9.90. The lowest BCUT2D eigenvalue weighted by molar-refractivity contribution is -0.122. The number of halogens is 3. The number of benzene rings is 1. The maximum Gasteiger partial charge on any atom is 0.341 e. The summed E-state index contributed by atoms with van der Waals surface area (Å²) in [5.74, 6) is -3.36. The van der Waals surface area contributed by atoms with Crippen molar-refractivity contribution in [2.75, 3.05) is 6.54 Å². The normalized spacial score (nSPS) is 14.1. The van der Waals surface area contributed by atoms with Gasteiger partial charge < -0.3 is 11.1 Å². The number of sulfone groups is 1. The van der Waals surface area contributed by atoms with Crippen molar-refractivity contribution < 1.29 is 22.0 Å². The van der Waals surface area contributed by atoms with Gasteiger partial charge in [0.25, 0.3) is 0 Å². The molecule has 1 aromatic carbocycles. The summed E-state index contributed by atoms with van der Waals surface area (Å²) in [6, 6.07) is 4.88. The van der Waals surface area contributed by atoms with Crippen LogP contribution in [0.25, 0.3) is 0 Å². The lowest BCUT2D eigenvalue weighted by Gasteiger charge is -2.31. The highest BCUT2D eigenvalue weighted by Gasteiger charge is 2.27. The molecule has 0 aliphatic carbocycles. The molecule has 1 unspecified atom stereocenters. The summed E-state index contributed by atoms with van der Waals surface area (Å²) >= 11 is 0. The number of rotatable bonds is 8. The molecule has 1 atom stereocenters. The molecule has 0 saturated carbocycles. The molecule has 9 heteroatoms. The highest BCUT2D eigenvalue weighted by Crippen LogP contribution is 2.19. The van der Waals surface area contributed by atoms with Crippen molar-refractivity contribution in [3.05, 3.63) is 29.8 Å². The molecule has 0 bridgehead atoms. The topological polar surface area (TPSA) is 89.3 Å². The van der Waals surface area contributed by atoms with Gasteiger partial charge in [-0.2, -0.15) is 8.78 Å². The summed E-state index contributed by atoms with van der Waals surface area (Å²) in [5.41, 5.74) is 5.75. The van der Waals surface area contributed by atoms with Crippen LogP contribution in [0.3, 0.4) is 0 Å². The molecule has 0 aliphatic rings. The number of carbonyl (C=O) groups excluding carboxylic acids is 1. The molecule has 0 fully saturated rings. The second-order valence-electron chi connectivity index (χ2n) is 6.54. The van der Waals surface area contributed by atoms with Gasteiger partial charge in [0.05, 0.1) is 11.3 Å². The molecule has 3 N–H and O–H groups in total. The van der Waals surface area contributed by atoms with E-state index < -0.39 is 26.0 Å². The van der Waals surface area contributed by atoms with Crippen molar-refractivity contribution in [3.8, 4) is 0 Å². The Hall–Kier alpha value is -1.25. The Morgan fingerprint density at radius 2 is 1.76 bits per heavy atom. The molecule has 0 saturated heterocycles. The molecule has 1 aromatic rings. The van der Waals surface area contributed by atoms with Crippen LogP contribution in [-0.2, 0) is 21.1 Å². The van der Waals surface area contributed by atoms with Crippen LogP contribution in [0.5, 0.6) is 0 Å². The average Bonchev–Trinajstić information content (AvgIpc) is 2.46. The standard InChI is InChI=1S/C16H24F2N2O3S.ClH/c1-11(2)9-16(3,10-19)20-14(21)8-12-4-6-13(7-5-12)24(22,23)15(17)18;/h4-7,11,15H,8-10,19H2,1-3H3,(H,20,21);1H. The second kappa shape index (κ2) is 9.45. The van der Waals surface area contributed by atoms with Crippen LogP contribution in [0, 0.1) is 5.92 Å². The smallest absolute Gasteiger partial charge is 0.341 e. The maximum atomic E-state index is 12.5. The van der Waals surface area contributed by atoms with Crippen molar-refractivity contribution in [1.82, 2.24) is 5.32 Å². The first-order chi connectivity index (χ1) is 11.0. The molecule has 1 amide bonds. The molecule has 144 valence electrons. The zero-order chi connectivity index (χ0) is 18.5. The van der Waals surface area contributed by atoms with Crippen LogP contribution in [0.15, 0.2) is 29.2 Å². The summed E-state index contributed by atoms with van der Waals surface area (Å²) in [6.07, 6.45) is 0.740. The molecule has 0 aliphatic heterocycles. The number of alkyl halides is 2. The number of hydrogen-bond donors (Lipinski definition) is 2. The summed E-state index contributed by atoms with van der Waals surface area (Å²) in [7, 11) is -4.62. The van der Waals surface area contributed by atoms with E-state index in [0.29, 0.717) is 18.0 Å². The summed E-state index contributed by atoms with van der Waals surface area (Å²) < 4.78 is 47.7. The Morgan fingerprint density at radius 3 is 2.16 bits per heavy atom. The minimum Gasteiger partial charge on any atom is -0.349 e.